The second-order valence-electron chi connectivity index (χ2n) is 1.25. The van der Waals surface area contributed by atoms with Gasteiger partial charge in [-0.2, -0.15) is 0 Å². The summed E-state index contributed by atoms with van der Waals surface area (Å²) >= 11 is 2.33. The van der Waals surface area contributed by atoms with Crippen LogP contribution >= 0.6 is 22.6 Å². The van der Waals surface area contributed by atoms with E-state index in [2.05, 4.69) is 40.8 Å². The summed E-state index contributed by atoms with van der Waals surface area (Å²) in [6.07, 6.45) is 7.52. The van der Waals surface area contributed by atoms with E-state index in [1.54, 1.807) is 0 Å². The summed E-state index contributed by atoms with van der Waals surface area (Å²) in [6.45, 7) is 0. The molecule has 1 aliphatic rings. The molecule has 1 rings (SSSR count). The second-order valence-corrected chi connectivity index (χ2v) is 2.63. The van der Waals surface area contributed by atoms with E-state index >= 15 is 0 Å². The van der Waals surface area contributed by atoms with Gasteiger partial charge in [0, 0.05) is 17.1 Å². The topological polar surface area (TPSA) is 0 Å². The van der Waals surface area contributed by atoms with Crippen LogP contribution in [0.3, 0.4) is 0 Å². The van der Waals surface area contributed by atoms with Crippen molar-refractivity contribution in [2.75, 3.05) is 0 Å². The van der Waals surface area contributed by atoms with Crippen molar-refractivity contribution in [2.45, 2.75) is 6.42 Å². The molecule has 0 bridgehead atoms. The van der Waals surface area contributed by atoms with Crippen LogP contribution in [0.4, 0.5) is 0 Å². The van der Waals surface area contributed by atoms with Gasteiger partial charge in [-0.3, -0.25) is 0 Å². The van der Waals surface area contributed by atoms with Crippen LogP contribution in [0.1, 0.15) is 6.42 Å². The Balaban J connectivity index is 0.000000360. The van der Waals surface area contributed by atoms with Crippen LogP contribution in [-0.2, 0) is 17.1 Å². The van der Waals surface area contributed by atoms with E-state index < -0.39 is 0 Å². The van der Waals surface area contributed by atoms with E-state index in [-0.39, 0.29) is 17.1 Å². The molecular weight excluding hydrogens is 243 g/mol. The molecule has 0 aromatic carbocycles. The Morgan fingerprint density at radius 3 is 2.43 bits per heavy atom. The molecule has 0 nitrogen and oxygen atoms in total. The minimum absolute atomic E-state index is 0. The first-order valence-electron chi connectivity index (χ1n) is 1.91. The molecule has 0 unspecified atom stereocenters. The van der Waals surface area contributed by atoms with E-state index in [0.29, 0.717) is 0 Å². The predicted molar refractivity (Wildman–Crippen MR) is 35.9 cm³/mol. The summed E-state index contributed by atoms with van der Waals surface area (Å²) in [6, 6.07) is 0. The van der Waals surface area contributed by atoms with Gasteiger partial charge in [0.1, 0.15) is 0 Å². The fourth-order valence-electron chi connectivity index (χ4n) is 0.421. The van der Waals surface area contributed by atoms with Crippen molar-refractivity contribution in [1.29, 1.82) is 0 Å². The zero-order valence-electron chi connectivity index (χ0n) is 3.67. The third-order valence-electron chi connectivity index (χ3n) is 0.726. The van der Waals surface area contributed by atoms with Crippen molar-refractivity contribution in [3.8, 4) is 0 Å². The van der Waals surface area contributed by atoms with Gasteiger partial charge in [-0.25, -0.2) is 0 Å². The minimum atomic E-state index is 0. The Hall–Kier alpha value is 0.729. The van der Waals surface area contributed by atoms with Crippen molar-refractivity contribution in [2.24, 2.45) is 0 Å². The van der Waals surface area contributed by atoms with Crippen molar-refractivity contribution in [3.63, 3.8) is 0 Å². The SMILES string of the molecule is IC1=CC=CC1.[Fe]. The molecule has 0 atom stereocenters. The molecule has 0 aromatic heterocycles. The van der Waals surface area contributed by atoms with Crippen LogP contribution in [0.2, 0.25) is 0 Å². The number of hydrogen-bond donors (Lipinski definition) is 0. The third kappa shape index (κ3) is 2.52. The smallest absolute Gasteiger partial charge is 0 e. The largest absolute Gasteiger partial charge is 0.0796 e. The number of rotatable bonds is 0. The molecule has 0 amide bonds. The van der Waals surface area contributed by atoms with Gasteiger partial charge in [0.25, 0.3) is 0 Å². The van der Waals surface area contributed by atoms with Gasteiger partial charge >= 0.3 is 0 Å². The molecule has 1 aliphatic carbocycles. The normalized spacial score (nSPS) is 15.9. The summed E-state index contributed by atoms with van der Waals surface area (Å²) in [4.78, 5) is 0. The second kappa shape index (κ2) is 3.70. The molecule has 0 fully saturated rings. The van der Waals surface area contributed by atoms with Crippen LogP contribution in [0.15, 0.2) is 21.8 Å². The van der Waals surface area contributed by atoms with E-state index in [4.69, 9.17) is 0 Å². The average Bonchev–Trinajstić information content (AvgIpc) is 1.86. The molecule has 0 radical (unpaired) electrons. The van der Waals surface area contributed by atoms with Crippen molar-refractivity contribution >= 4 is 22.6 Å². The predicted octanol–water partition coefficient (Wildman–Crippen LogP) is 2.26. The molecule has 7 heavy (non-hydrogen) atoms. The van der Waals surface area contributed by atoms with Gasteiger partial charge in [-0.05, 0) is 32.6 Å². The van der Waals surface area contributed by atoms with Gasteiger partial charge in [0.2, 0.25) is 0 Å². The fraction of sp³-hybridized carbons (Fsp3) is 0.200. The average molecular weight is 248 g/mol. The van der Waals surface area contributed by atoms with Gasteiger partial charge in [0.15, 0.2) is 0 Å². The van der Waals surface area contributed by atoms with Crippen LogP contribution in [0.25, 0.3) is 0 Å². The molecule has 0 N–H and O–H groups in total. The first-order chi connectivity index (χ1) is 2.89. The van der Waals surface area contributed by atoms with Gasteiger partial charge in [-0.1, -0.05) is 18.2 Å². The molecule has 0 saturated heterocycles. The Morgan fingerprint density at radius 1 is 1.57 bits per heavy atom. The summed E-state index contributed by atoms with van der Waals surface area (Å²) in [7, 11) is 0. The molecule has 0 aromatic rings. The van der Waals surface area contributed by atoms with E-state index in [9.17, 15) is 0 Å². The van der Waals surface area contributed by atoms with Crippen LogP contribution < -0.4 is 0 Å². The van der Waals surface area contributed by atoms with Gasteiger partial charge in [-0.15, -0.1) is 0 Å². The first-order valence-corrected chi connectivity index (χ1v) is 2.98. The maximum Gasteiger partial charge on any atom is 0 e. The number of hydrogen-bond acceptors (Lipinski definition) is 0. The Bertz CT molecular complexity index is 105. The van der Waals surface area contributed by atoms with Crippen LogP contribution in [-0.4, -0.2) is 0 Å². The summed E-state index contributed by atoms with van der Waals surface area (Å²) in [5.41, 5.74) is 0. The van der Waals surface area contributed by atoms with Gasteiger partial charge in [0.05, 0.1) is 0 Å². The maximum absolute atomic E-state index is 2.33. The fourth-order valence-corrected chi connectivity index (χ4v) is 0.883. The Morgan fingerprint density at radius 2 is 2.29 bits per heavy atom. The maximum atomic E-state index is 2.33. The molecule has 2 heteroatoms. The minimum Gasteiger partial charge on any atom is -0.0796 e. The number of allylic oxidation sites excluding steroid dienone is 4. The molecular formula is C5H5FeI. The summed E-state index contributed by atoms with van der Waals surface area (Å²) in [5.74, 6) is 0. The summed E-state index contributed by atoms with van der Waals surface area (Å²) in [5, 5.41) is 0. The first kappa shape index (κ1) is 7.73. The molecule has 0 spiro atoms. The molecule has 0 aliphatic heterocycles. The summed E-state index contributed by atoms with van der Waals surface area (Å²) < 4.78 is 1.44. The Labute approximate surface area is 67.7 Å². The van der Waals surface area contributed by atoms with E-state index in [0.717, 1.165) is 6.42 Å². The quantitative estimate of drug-likeness (QED) is 0.455. The zero-order chi connectivity index (χ0) is 4.41. The molecule has 0 heterocycles. The monoisotopic (exact) mass is 248 g/mol. The van der Waals surface area contributed by atoms with Crippen LogP contribution in [0, 0.1) is 0 Å². The van der Waals surface area contributed by atoms with Crippen molar-refractivity contribution in [3.05, 3.63) is 21.8 Å². The van der Waals surface area contributed by atoms with Crippen LogP contribution in [0.5, 0.6) is 0 Å². The van der Waals surface area contributed by atoms with Crippen molar-refractivity contribution < 1.29 is 17.1 Å². The standard InChI is InChI=1S/C5H5I.Fe/c6-5-3-1-2-4-5;/h1-3H,4H2;. The zero-order valence-corrected chi connectivity index (χ0v) is 6.93. The van der Waals surface area contributed by atoms with E-state index in [1.165, 1.54) is 3.58 Å². The van der Waals surface area contributed by atoms with Crippen molar-refractivity contribution in [1.82, 2.24) is 0 Å². The number of halogens is 1. The molecule has 40 valence electrons. The van der Waals surface area contributed by atoms with E-state index in [1.807, 2.05) is 0 Å². The molecule has 0 saturated carbocycles. The van der Waals surface area contributed by atoms with Gasteiger partial charge < -0.3 is 0 Å². The third-order valence-corrected chi connectivity index (χ3v) is 1.53. The Kier molecular flexibility index (Phi) is 4.08.